The van der Waals surface area contributed by atoms with E-state index in [0.29, 0.717) is 5.56 Å². The highest BCUT2D eigenvalue weighted by Crippen LogP contribution is 2.28. The molecule has 3 heteroatoms. The van der Waals surface area contributed by atoms with Crippen LogP contribution in [0.25, 0.3) is 5.76 Å². The number of benzene rings is 1. The second kappa shape index (κ2) is 5.68. The van der Waals surface area contributed by atoms with Gasteiger partial charge in [-0.1, -0.05) is 57.2 Å². The van der Waals surface area contributed by atoms with Crippen LogP contribution in [0.3, 0.4) is 0 Å². The molecule has 0 saturated carbocycles. The summed E-state index contributed by atoms with van der Waals surface area (Å²) in [6, 6.07) is 6.63. The smallest absolute Gasteiger partial charge is 0.237 e. The average molecular weight is 284 g/mol. The minimum absolute atomic E-state index is 0.0904. The van der Waals surface area contributed by atoms with Crippen LogP contribution in [0.1, 0.15) is 49.5 Å². The average Bonchev–Trinajstić information content (AvgIpc) is 2.43. The fraction of sp³-hybridized carbons (Fsp3) is 0.333. The van der Waals surface area contributed by atoms with Crippen molar-refractivity contribution >= 4 is 17.3 Å². The molecule has 1 aromatic carbocycles. The number of rotatable bonds is 3. The first-order valence-electron chi connectivity index (χ1n) is 7.09. The predicted octanol–water partition coefficient (Wildman–Crippen LogP) is 4.10. The summed E-state index contributed by atoms with van der Waals surface area (Å²) in [6.45, 7) is 6.43. The van der Waals surface area contributed by atoms with Crippen LogP contribution in [0.2, 0.25) is 0 Å². The Labute approximate surface area is 125 Å². The zero-order valence-corrected chi connectivity index (χ0v) is 12.6. The van der Waals surface area contributed by atoms with Crippen LogP contribution in [0.15, 0.2) is 42.0 Å². The van der Waals surface area contributed by atoms with Gasteiger partial charge in [-0.2, -0.15) is 0 Å². The molecule has 1 N–H and O–H groups in total. The van der Waals surface area contributed by atoms with Crippen molar-refractivity contribution in [1.82, 2.24) is 0 Å². The molecule has 0 atom stereocenters. The van der Waals surface area contributed by atoms with Crippen LogP contribution in [0.4, 0.5) is 0 Å². The lowest BCUT2D eigenvalue weighted by Gasteiger charge is -2.17. The number of Topliss-reactive ketones (excluding diaryl/α,β-unsaturated/α-hetero) is 2. The maximum absolute atomic E-state index is 12.1. The molecular weight excluding hydrogens is 264 g/mol. The fourth-order valence-corrected chi connectivity index (χ4v) is 2.26. The second-order valence-corrected chi connectivity index (χ2v) is 6.47. The van der Waals surface area contributed by atoms with Crippen LogP contribution in [0, 0.1) is 5.41 Å². The van der Waals surface area contributed by atoms with E-state index in [1.807, 2.05) is 6.08 Å². The lowest BCUT2D eigenvalue weighted by atomic mass is 9.87. The quantitative estimate of drug-likeness (QED) is 0.850. The van der Waals surface area contributed by atoms with E-state index in [-0.39, 0.29) is 22.3 Å². The number of ketones is 2. The molecule has 0 bridgehead atoms. The van der Waals surface area contributed by atoms with Gasteiger partial charge >= 0.3 is 0 Å². The number of hydrogen-bond donors (Lipinski definition) is 1. The molecule has 0 unspecified atom stereocenters. The maximum Gasteiger partial charge on any atom is 0.237 e. The number of aliphatic hydroxyl groups excluding tert-OH is 1. The van der Waals surface area contributed by atoms with Crippen molar-refractivity contribution in [2.75, 3.05) is 0 Å². The first-order chi connectivity index (χ1) is 9.81. The Bertz CT molecular complexity index is 643. The molecule has 0 heterocycles. The molecule has 21 heavy (non-hydrogen) atoms. The zero-order valence-electron chi connectivity index (χ0n) is 12.6. The molecule has 0 radical (unpaired) electrons. The summed E-state index contributed by atoms with van der Waals surface area (Å²) in [5.74, 6) is -1.31. The largest absolute Gasteiger partial charge is 0.507 e. The van der Waals surface area contributed by atoms with Crippen molar-refractivity contribution in [2.24, 2.45) is 5.41 Å². The molecule has 1 aliphatic rings. The monoisotopic (exact) mass is 284 g/mol. The van der Waals surface area contributed by atoms with Crippen LogP contribution in [0.5, 0.6) is 0 Å². The van der Waals surface area contributed by atoms with Gasteiger partial charge < -0.3 is 5.11 Å². The van der Waals surface area contributed by atoms with Crippen molar-refractivity contribution in [3.63, 3.8) is 0 Å². The molecule has 3 nitrogen and oxygen atoms in total. The molecule has 0 spiro atoms. The standard InChI is InChI=1S/C18H20O3/c1-18(2,3)11-7-6-10-14-15(19)12-8-4-5-9-13(12)16(20)17(14)21/h4-6,8-10,19H,7,11H2,1-3H3/b10-6+. The van der Waals surface area contributed by atoms with Crippen molar-refractivity contribution in [2.45, 2.75) is 33.6 Å². The third-order valence-corrected chi connectivity index (χ3v) is 3.48. The fourth-order valence-electron chi connectivity index (χ4n) is 2.26. The SMILES string of the molecule is CC(C)(C)CC/C=C/C1=C(O)c2ccccc2C(=O)C1=O. The summed E-state index contributed by atoms with van der Waals surface area (Å²) < 4.78 is 0. The van der Waals surface area contributed by atoms with Gasteiger partial charge in [-0.05, 0) is 18.3 Å². The first kappa shape index (κ1) is 15.2. The van der Waals surface area contributed by atoms with Crippen LogP contribution < -0.4 is 0 Å². The number of hydrogen-bond acceptors (Lipinski definition) is 3. The summed E-state index contributed by atoms with van der Waals surface area (Å²) in [5.41, 5.74) is 0.997. The van der Waals surface area contributed by atoms with E-state index in [1.165, 1.54) is 0 Å². The van der Waals surface area contributed by atoms with Crippen molar-refractivity contribution < 1.29 is 14.7 Å². The van der Waals surface area contributed by atoms with E-state index in [4.69, 9.17) is 0 Å². The molecule has 0 aliphatic heterocycles. The van der Waals surface area contributed by atoms with Gasteiger partial charge in [-0.25, -0.2) is 0 Å². The summed E-state index contributed by atoms with van der Waals surface area (Å²) in [6.07, 6.45) is 5.17. The van der Waals surface area contributed by atoms with E-state index >= 15 is 0 Å². The topological polar surface area (TPSA) is 54.4 Å². The first-order valence-corrected chi connectivity index (χ1v) is 7.09. The van der Waals surface area contributed by atoms with E-state index in [9.17, 15) is 14.7 Å². The van der Waals surface area contributed by atoms with Gasteiger partial charge in [0, 0.05) is 11.1 Å². The summed E-state index contributed by atoms with van der Waals surface area (Å²) in [4.78, 5) is 24.1. The van der Waals surface area contributed by atoms with Gasteiger partial charge in [0.2, 0.25) is 11.6 Å². The Balaban J connectivity index is 2.28. The summed E-state index contributed by atoms with van der Waals surface area (Å²) in [5, 5.41) is 10.2. The second-order valence-electron chi connectivity index (χ2n) is 6.47. The van der Waals surface area contributed by atoms with E-state index < -0.39 is 11.6 Å². The molecule has 2 rings (SSSR count). The highest BCUT2D eigenvalue weighted by molar-refractivity contribution is 6.52. The lowest BCUT2D eigenvalue weighted by Crippen LogP contribution is -2.23. The summed E-state index contributed by atoms with van der Waals surface area (Å²) in [7, 11) is 0. The number of aliphatic hydroxyl groups is 1. The molecule has 0 saturated heterocycles. The van der Waals surface area contributed by atoms with E-state index in [2.05, 4.69) is 20.8 Å². The van der Waals surface area contributed by atoms with Crippen LogP contribution in [-0.4, -0.2) is 16.7 Å². The van der Waals surface area contributed by atoms with Gasteiger partial charge in [0.15, 0.2) is 0 Å². The molecule has 1 aromatic rings. The number of carbonyl (C=O) groups is 2. The van der Waals surface area contributed by atoms with Crippen molar-refractivity contribution in [1.29, 1.82) is 0 Å². The highest BCUT2D eigenvalue weighted by Gasteiger charge is 2.31. The van der Waals surface area contributed by atoms with Gasteiger partial charge in [0.1, 0.15) is 5.76 Å². The Morgan fingerprint density at radius 2 is 1.67 bits per heavy atom. The number of carbonyl (C=O) groups excluding carboxylic acids is 2. The minimum Gasteiger partial charge on any atom is -0.507 e. The van der Waals surface area contributed by atoms with E-state index in [1.54, 1.807) is 30.3 Å². The molecule has 0 fully saturated rings. The zero-order chi connectivity index (χ0) is 15.6. The molecule has 1 aliphatic carbocycles. The minimum atomic E-state index is -0.641. The molecule has 0 aromatic heterocycles. The summed E-state index contributed by atoms with van der Waals surface area (Å²) >= 11 is 0. The maximum atomic E-state index is 12.1. The van der Waals surface area contributed by atoms with Crippen LogP contribution in [-0.2, 0) is 4.79 Å². The normalized spacial score (nSPS) is 15.8. The molecule has 110 valence electrons. The highest BCUT2D eigenvalue weighted by atomic mass is 16.3. The third-order valence-electron chi connectivity index (χ3n) is 3.48. The molecule has 0 amide bonds. The van der Waals surface area contributed by atoms with Crippen LogP contribution >= 0.6 is 0 Å². The Kier molecular flexibility index (Phi) is 4.12. The Morgan fingerprint density at radius 3 is 2.29 bits per heavy atom. The van der Waals surface area contributed by atoms with Gasteiger partial charge in [0.25, 0.3) is 0 Å². The van der Waals surface area contributed by atoms with E-state index in [0.717, 1.165) is 12.8 Å². The number of fused-ring (bicyclic) bond motifs is 1. The predicted molar refractivity (Wildman–Crippen MR) is 83.2 cm³/mol. The molecular formula is C18H20O3. The van der Waals surface area contributed by atoms with Crippen molar-refractivity contribution in [3.8, 4) is 0 Å². The Hall–Kier alpha value is -2.16. The van der Waals surface area contributed by atoms with Crippen molar-refractivity contribution in [3.05, 3.63) is 53.1 Å². The number of allylic oxidation sites excluding steroid dienone is 3. The Morgan fingerprint density at radius 1 is 1.05 bits per heavy atom. The van der Waals surface area contributed by atoms with Gasteiger partial charge in [-0.15, -0.1) is 0 Å². The lowest BCUT2D eigenvalue weighted by molar-refractivity contribution is -0.111. The third kappa shape index (κ3) is 3.30. The van der Waals surface area contributed by atoms with Gasteiger partial charge in [0.05, 0.1) is 5.57 Å². The van der Waals surface area contributed by atoms with Gasteiger partial charge in [-0.3, -0.25) is 9.59 Å².